The maximum Gasteiger partial charge on any atom is 0.236 e. The van der Waals surface area contributed by atoms with Crippen molar-refractivity contribution in [1.29, 1.82) is 0 Å². The fraction of sp³-hybridized carbons (Fsp3) is 0.636. The lowest BCUT2D eigenvalue weighted by molar-refractivity contribution is -0.135. The summed E-state index contributed by atoms with van der Waals surface area (Å²) in [6.45, 7) is 10.9. The third kappa shape index (κ3) is 6.98. The number of nitrogens with zero attached hydrogens (tertiary/aromatic N) is 3. The molecule has 2 amide bonds. The van der Waals surface area contributed by atoms with Crippen molar-refractivity contribution in [1.82, 2.24) is 20.0 Å². The van der Waals surface area contributed by atoms with Crippen molar-refractivity contribution in [3.05, 3.63) is 34.9 Å². The van der Waals surface area contributed by atoms with Gasteiger partial charge in [0.2, 0.25) is 11.8 Å². The number of likely N-dealkylation sites (tertiary alicyclic amines) is 1. The zero-order valence-corrected chi connectivity index (χ0v) is 18.3. The van der Waals surface area contributed by atoms with E-state index in [0.717, 1.165) is 44.8 Å². The predicted octanol–water partition coefficient (Wildman–Crippen LogP) is 2.08. The zero-order valence-electron chi connectivity index (χ0n) is 17.6. The minimum Gasteiger partial charge on any atom is -0.351 e. The third-order valence-corrected chi connectivity index (χ3v) is 6.07. The molecule has 2 fully saturated rings. The smallest absolute Gasteiger partial charge is 0.236 e. The minimum atomic E-state index is 0.0285. The molecule has 160 valence electrons. The van der Waals surface area contributed by atoms with Gasteiger partial charge in [0.15, 0.2) is 0 Å². The Bertz CT molecular complexity index is 679. The van der Waals surface area contributed by atoms with Crippen molar-refractivity contribution in [2.45, 2.75) is 26.8 Å². The summed E-state index contributed by atoms with van der Waals surface area (Å²) >= 11 is 5.88. The topological polar surface area (TPSA) is 55.9 Å². The first-order chi connectivity index (χ1) is 13.9. The Labute approximate surface area is 179 Å². The third-order valence-electron chi connectivity index (χ3n) is 5.82. The Kier molecular flexibility index (Phi) is 7.92. The van der Waals surface area contributed by atoms with E-state index in [-0.39, 0.29) is 11.8 Å². The number of nitrogens with one attached hydrogen (secondary N) is 1. The summed E-state index contributed by atoms with van der Waals surface area (Å²) in [5.74, 6) is 1.45. The molecule has 0 bridgehead atoms. The van der Waals surface area contributed by atoms with Crippen LogP contribution in [-0.4, -0.2) is 78.9 Å². The van der Waals surface area contributed by atoms with Crippen molar-refractivity contribution in [3.63, 3.8) is 0 Å². The van der Waals surface area contributed by atoms with Gasteiger partial charge in [0.05, 0.1) is 13.1 Å². The van der Waals surface area contributed by atoms with Gasteiger partial charge in [-0.3, -0.25) is 19.4 Å². The first-order valence-corrected chi connectivity index (χ1v) is 11.0. The molecule has 0 aliphatic carbocycles. The highest BCUT2D eigenvalue weighted by atomic mass is 35.5. The molecule has 6 nitrogen and oxygen atoms in total. The van der Waals surface area contributed by atoms with Gasteiger partial charge in [0.1, 0.15) is 0 Å². The first-order valence-electron chi connectivity index (χ1n) is 10.6. The van der Waals surface area contributed by atoms with Crippen LogP contribution in [0.1, 0.15) is 25.8 Å². The molecular formula is C22H33ClN4O2. The molecule has 2 saturated heterocycles. The maximum atomic E-state index is 12.7. The van der Waals surface area contributed by atoms with Crippen molar-refractivity contribution in [3.8, 4) is 0 Å². The highest BCUT2D eigenvalue weighted by molar-refractivity contribution is 6.30. The number of carbonyl (C=O) groups is 2. The summed E-state index contributed by atoms with van der Waals surface area (Å²) in [5.41, 5.74) is 1.03. The molecule has 3 rings (SSSR count). The number of carbonyl (C=O) groups excluding carboxylic acids is 2. The van der Waals surface area contributed by atoms with Gasteiger partial charge >= 0.3 is 0 Å². The Morgan fingerprint density at radius 1 is 0.966 bits per heavy atom. The number of halogens is 1. The molecule has 2 aliphatic heterocycles. The highest BCUT2D eigenvalue weighted by Crippen LogP contribution is 2.21. The summed E-state index contributed by atoms with van der Waals surface area (Å²) in [6.07, 6.45) is 1.21. The summed E-state index contributed by atoms with van der Waals surface area (Å²) < 4.78 is 0. The van der Waals surface area contributed by atoms with Crippen LogP contribution in [0, 0.1) is 11.8 Å². The zero-order chi connectivity index (χ0) is 20.8. The van der Waals surface area contributed by atoms with Crippen molar-refractivity contribution < 1.29 is 9.59 Å². The van der Waals surface area contributed by atoms with Gasteiger partial charge in [-0.25, -0.2) is 0 Å². The normalized spacial score (nSPS) is 23.8. The van der Waals surface area contributed by atoms with E-state index in [4.69, 9.17) is 11.6 Å². The summed E-state index contributed by atoms with van der Waals surface area (Å²) in [5, 5.41) is 3.66. The van der Waals surface area contributed by atoms with Crippen LogP contribution >= 0.6 is 11.6 Å². The van der Waals surface area contributed by atoms with Gasteiger partial charge in [-0.2, -0.15) is 0 Å². The van der Waals surface area contributed by atoms with Crippen molar-refractivity contribution in [2.75, 3.05) is 52.4 Å². The Morgan fingerprint density at radius 3 is 2.10 bits per heavy atom. The molecule has 0 spiro atoms. The number of benzene rings is 1. The Hall–Kier alpha value is -1.63. The van der Waals surface area contributed by atoms with Crippen LogP contribution in [0.3, 0.4) is 0 Å². The van der Waals surface area contributed by atoms with Crippen LogP contribution in [0.25, 0.3) is 0 Å². The second-order valence-corrected chi connectivity index (χ2v) is 9.14. The molecule has 2 aliphatic rings. The Morgan fingerprint density at radius 2 is 1.52 bits per heavy atom. The average molecular weight is 421 g/mol. The minimum absolute atomic E-state index is 0.0285. The van der Waals surface area contributed by atoms with Crippen LogP contribution in [0.5, 0.6) is 0 Å². The summed E-state index contributed by atoms with van der Waals surface area (Å²) in [4.78, 5) is 31.3. The van der Waals surface area contributed by atoms with Crippen LogP contribution in [0.15, 0.2) is 24.3 Å². The SMILES string of the molecule is C[C@H]1C[C@H](C)CN(C(=O)CN2CCN(CC(=O)NCc3ccc(Cl)cc3)CC2)C1. The van der Waals surface area contributed by atoms with Crippen LogP contribution < -0.4 is 5.32 Å². The molecule has 0 unspecified atom stereocenters. The number of piperidine rings is 1. The van der Waals surface area contributed by atoms with Crippen molar-refractivity contribution in [2.24, 2.45) is 11.8 Å². The van der Waals surface area contributed by atoms with Gasteiger partial charge < -0.3 is 10.2 Å². The van der Waals surface area contributed by atoms with E-state index in [1.54, 1.807) is 0 Å². The molecule has 1 aromatic carbocycles. The van der Waals surface area contributed by atoms with Crippen LogP contribution in [-0.2, 0) is 16.1 Å². The maximum absolute atomic E-state index is 12.7. The summed E-state index contributed by atoms with van der Waals surface area (Å²) in [6, 6.07) is 7.49. The lowest BCUT2D eigenvalue weighted by Crippen LogP contribution is -2.53. The molecule has 1 N–H and O–H groups in total. The molecule has 0 aromatic heterocycles. The van der Waals surface area contributed by atoms with E-state index >= 15 is 0 Å². The number of hydrogen-bond donors (Lipinski definition) is 1. The number of amides is 2. The second kappa shape index (κ2) is 10.4. The number of rotatable bonds is 6. The lowest BCUT2D eigenvalue weighted by atomic mass is 9.92. The highest BCUT2D eigenvalue weighted by Gasteiger charge is 2.27. The standard InChI is InChI=1S/C22H33ClN4O2/c1-17-11-18(2)14-27(13-17)22(29)16-26-9-7-25(8-10-26)15-21(28)24-12-19-3-5-20(23)6-4-19/h3-6,17-18H,7-16H2,1-2H3,(H,24,28)/t17-,18-/m0/s1. The van der Waals surface area contributed by atoms with Crippen LogP contribution in [0.4, 0.5) is 0 Å². The van der Waals surface area contributed by atoms with E-state index in [9.17, 15) is 9.59 Å². The van der Waals surface area contributed by atoms with Gasteiger partial charge in [0.25, 0.3) is 0 Å². The molecule has 1 aromatic rings. The quantitative estimate of drug-likeness (QED) is 0.765. The fourth-order valence-electron chi connectivity index (χ4n) is 4.33. The molecule has 7 heteroatoms. The monoisotopic (exact) mass is 420 g/mol. The lowest BCUT2D eigenvalue weighted by Gasteiger charge is -2.38. The van der Waals surface area contributed by atoms with E-state index in [2.05, 4.69) is 29.0 Å². The average Bonchev–Trinajstić information content (AvgIpc) is 2.68. The largest absolute Gasteiger partial charge is 0.351 e. The molecule has 0 saturated carbocycles. The van der Waals surface area contributed by atoms with E-state index in [1.807, 2.05) is 29.2 Å². The van der Waals surface area contributed by atoms with Crippen LogP contribution in [0.2, 0.25) is 5.02 Å². The molecular weight excluding hydrogens is 388 g/mol. The molecule has 2 atom stereocenters. The van der Waals surface area contributed by atoms with Gasteiger partial charge in [-0.05, 0) is 36.0 Å². The van der Waals surface area contributed by atoms with E-state index < -0.39 is 0 Å². The first kappa shape index (κ1) is 22.1. The molecule has 0 radical (unpaired) electrons. The van der Waals surface area contributed by atoms with E-state index in [0.29, 0.717) is 36.5 Å². The summed E-state index contributed by atoms with van der Waals surface area (Å²) in [7, 11) is 0. The van der Waals surface area contributed by atoms with Crippen molar-refractivity contribution >= 4 is 23.4 Å². The molecule has 2 heterocycles. The second-order valence-electron chi connectivity index (χ2n) is 8.70. The fourth-order valence-corrected chi connectivity index (χ4v) is 4.45. The Balaban J connectivity index is 1.35. The van der Waals surface area contributed by atoms with Gasteiger partial charge in [0, 0.05) is 50.8 Å². The number of piperazine rings is 1. The van der Waals surface area contributed by atoms with E-state index in [1.165, 1.54) is 6.42 Å². The van der Waals surface area contributed by atoms with Gasteiger partial charge in [-0.1, -0.05) is 37.6 Å². The predicted molar refractivity (Wildman–Crippen MR) is 116 cm³/mol. The molecule has 29 heavy (non-hydrogen) atoms. The number of hydrogen-bond acceptors (Lipinski definition) is 4. The van der Waals surface area contributed by atoms with Gasteiger partial charge in [-0.15, -0.1) is 0 Å².